The van der Waals surface area contributed by atoms with Gasteiger partial charge in [-0.3, -0.25) is 0 Å². The van der Waals surface area contributed by atoms with Crippen LogP contribution in [0.1, 0.15) is 94.0 Å². The first kappa shape index (κ1) is 42.4. The fourth-order valence-corrected chi connectivity index (χ4v) is 8.53. The van der Waals surface area contributed by atoms with Gasteiger partial charge in [-0.25, -0.2) is 0 Å². The summed E-state index contributed by atoms with van der Waals surface area (Å²) in [5, 5.41) is 0. The molecule has 0 heterocycles. The predicted octanol–water partition coefficient (Wildman–Crippen LogP) is 16.2. The Balaban J connectivity index is 1.31. The summed E-state index contributed by atoms with van der Waals surface area (Å²) in [6, 6.07) is 52.8. The van der Waals surface area contributed by atoms with Gasteiger partial charge in [0.15, 0.2) is 0 Å². The van der Waals surface area contributed by atoms with Gasteiger partial charge < -0.3 is 9.80 Å². The van der Waals surface area contributed by atoms with E-state index in [-0.39, 0.29) is 22.7 Å². The highest BCUT2D eigenvalue weighted by atomic mass is 19.4. The lowest BCUT2D eigenvalue weighted by molar-refractivity contribution is -0.137. The minimum Gasteiger partial charge on any atom is -0.314 e. The van der Waals surface area contributed by atoms with E-state index in [9.17, 15) is 13.2 Å². The van der Waals surface area contributed by atoms with Gasteiger partial charge in [0.25, 0.3) is 0 Å². The number of allylic oxidation sites excluding steroid dienone is 6. The van der Waals surface area contributed by atoms with Crippen LogP contribution >= 0.6 is 0 Å². The fourth-order valence-electron chi connectivity index (χ4n) is 8.53. The molecule has 0 fully saturated rings. The number of hydrogen-bond acceptors (Lipinski definition) is 2. The van der Waals surface area contributed by atoms with Crippen molar-refractivity contribution in [2.24, 2.45) is 0 Å². The van der Waals surface area contributed by atoms with Crippen LogP contribution in [-0.4, -0.2) is 0 Å². The highest BCUT2D eigenvalue weighted by molar-refractivity contribution is 5.75. The van der Waals surface area contributed by atoms with Gasteiger partial charge in [-0.2, -0.15) is 13.2 Å². The number of benzene rings is 6. The molecule has 0 amide bonds. The van der Waals surface area contributed by atoms with Gasteiger partial charge >= 0.3 is 6.18 Å². The van der Waals surface area contributed by atoms with Crippen molar-refractivity contribution in [2.45, 2.75) is 83.2 Å². The lowest BCUT2D eigenvalue weighted by Crippen LogP contribution is -2.27. The molecule has 6 aromatic rings. The second-order valence-corrected chi connectivity index (χ2v) is 18.6. The molecular formula is C57H55F3N2. The van der Waals surface area contributed by atoms with Crippen molar-refractivity contribution in [3.63, 3.8) is 0 Å². The van der Waals surface area contributed by atoms with Crippen LogP contribution in [0.15, 0.2) is 205 Å². The first-order valence-electron chi connectivity index (χ1n) is 21.6. The Labute approximate surface area is 366 Å². The van der Waals surface area contributed by atoms with Crippen LogP contribution in [-0.2, 0) is 17.0 Å². The number of nitrogens with zero attached hydrogens (tertiary/aromatic N) is 2. The topological polar surface area (TPSA) is 6.48 Å². The van der Waals surface area contributed by atoms with Gasteiger partial charge in [-0.15, -0.1) is 0 Å². The second-order valence-electron chi connectivity index (χ2n) is 18.6. The molecule has 0 bridgehead atoms. The van der Waals surface area contributed by atoms with Crippen LogP contribution in [0.5, 0.6) is 0 Å². The predicted molar refractivity (Wildman–Crippen MR) is 253 cm³/mol. The van der Waals surface area contributed by atoms with Crippen molar-refractivity contribution in [1.29, 1.82) is 0 Å². The zero-order valence-corrected chi connectivity index (χ0v) is 36.5. The lowest BCUT2D eigenvalue weighted by atomic mass is 9.85. The van der Waals surface area contributed by atoms with Gasteiger partial charge in [0.05, 0.1) is 5.56 Å². The average molecular weight is 825 g/mol. The zero-order valence-electron chi connectivity index (χ0n) is 36.5. The van der Waals surface area contributed by atoms with E-state index >= 15 is 0 Å². The van der Waals surface area contributed by atoms with Gasteiger partial charge in [0.2, 0.25) is 0 Å². The summed E-state index contributed by atoms with van der Waals surface area (Å²) >= 11 is 0. The Bertz CT molecular complexity index is 2600. The summed E-state index contributed by atoms with van der Waals surface area (Å²) in [4.78, 5) is 4.57. The van der Waals surface area contributed by atoms with Crippen LogP contribution < -0.4 is 9.80 Å². The van der Waals surface area contributed by atoms with Gasteiger partial charge in [-0.05, 0) is 112 Å². The zero-order chi connectivity index (χ0) is 43.6. The second kappa shape index (κ2) is 17.2. The third-order valence-corrected chi connectivity index (χ3v) is 12.1. The van der Waals surface area contributed by atoms with Crippen molar-refractivity contribution in [3.05, 3.63) is 233 Å². The summed E-state index contributed by atoms with van der Waals surface area (Å²) in [5.74, 6) is -0.131. The summed E-state index contributed by atoms with van der Waals surface area (Å²) in [7, 11) is 0. The molecule has 62 heavy (non-hydrogen) atoms. The highest BCUT2D eigenvalue weighted by Crippen LogP contribution is 2.44. The summed E-state index contributed by atoms with van der Waals surface area (Å²) in [6.45, 7) is 13.3. The minimum atomic E-state index is -4.47. The maximum Gasteiger partial charge on any atom is 0.416 e. The Kier molecular flexibility index (Phi) is 11.8. The Morgan fingerprint density at radius 1 is 0.484 bits per heavy atom. The van der Waals surface area contributed by atoms with Crippen molar-refractivity contribution >= 4 is 17.1 Å². The first-order valence-corrected chi connectivity index (χ1v) is 21.6. The molecule has 314 valence electrons. The number of alkyl halides is 3. The third kappa shape index (κ3) is 9.43. The maximum absolute atomic E-state index is 14.3. The molecule has 5 heteroatoms. The number of hydrogen-bond donors (Lipinski definition) is 0. The largest absolute Gasteiger partial charge is 0.416 e. The van der Waals surface area contributed by atoms with E-state index in [2.05, 4.69) is 191 Å². The Morgan fingerprint density at radius 2 is 1.00 bits per heavy atom. The molecule has 6 aromatic carbocycles. The molecule has 0 spiro atoms. The van der Waals surface area contributed by atoms with Crippen molar-refractivity contribution in [2.75, 3.05) is 9.80 Å². The molecule has 0 N–H and O–H groups in total. The van der Waals surface area contributed by atoms with E-state index in [4.69, 9.17) is 0 Å². The van der Waals surface area contributed by atoms with E-state index in [0.717, 1.165) is 57.8 Å². The minimum absolute atomic E-state index is 0.0405. The molecule has 8 rings (SSSR count). The summed E-state index contributed by atoms with van der Waals surface area (Å²) in [5.41, 5.74) is 11.6. The number of anilines is 3. The van der Waals surface area contributed by atoms with E-state index < -0.39 is 11.7 Å². The quantitative estimate of drug-likeness (QED) is 0.143. The fraction of sp³-hybridized carbons (Fsp3) is 0.228. The number of halogens is 3. The molecule has 0 aromatic heterocycles. The molecule has 2 aliphatic carbocycles. The normalized spacial score (nSPS) is 16.9. The molecule has 0 aliphatic heterocycles. The molecule has 2 unspecified atom stereocenters. The van der Waals surface area contributed by atoms with Gasteiger partial charge in [-0.1, -0.05) is 175 Å². The molecular weight excluding hydrogens is 770 g/mol. The molecule has 0 saturated heterocycles. The molecule has 0 saturated carbocycles. The SMILES string of the molecule is CC(C)(C)c1ccc(N(C2=CCC(c3ccccc3)C=C2)C2=CC(c3cccc(C(F)(F)F)c3)CC(N(c3ccc(-c4ccccc4)cc3)c3ccc(C(C)(C)C)cc3)=C2)cc1. The lowest BCUT2D eigenvalue weighted by Gasteiger charge is -2.37. The van der Waals surface area contributed by atoms with E-state index in [1.54, 1.807) is 0 Å². The Hall–Kier alpha value is -6.33. The molecule has 2 atom stereocenters. The molecule has 2 nitrogen and oxygen atoms in total. The highest BCUT2D eigenvalue weighted by Gasteiger charge is 2.33. The van der Waals surface area contributed by atoms with Gasteiger partial charge in [0.1, 0.15) is 0 Å². The van der Waals surface area contributed by atoms with E-state index in [0.29, 0.717) is 12.0 Å². The van der Waals surface area contributed by atoms with Gasteiger partial charge in [0, 0.05) is 46.0 Å². The smallest absolute Gasteiger partial charge is 0.314 e. The van der Waals surface area contributed by atoms with E-state index in [1.165, 1.54) is 28.8 Å². The van der Waals surface area contributed by atoms with Crippen LogP contribution in [0.3, 0.4) is 0 Å². The summed E-state index contributed by atoms with van der Waals surface area (Å²) < 4.78 is 43.0. The standard InChI is InChI=1S/C57H55F3N2/c1-55(2,3)46-24-32-51(33-25-46)61(49-28-20-42(21-29-49)40-14-9-7-10-15-40)53-37-45(44-18-13-19-48(36-44)57(58,59)60)38-54(39-53)62(52-34-26-47(27-35-52)56(4,5)6)50-30-22-43(23-31-50)41-16-11-8-12-17-41/h7-22,24-36,38-39,43,45H,23,37H2,1-6H3. The molecule has 0 radical (unpaired) electrons. The van der Waals surface area contributed by atoms with E-state index in [1.807, 2.05) is 30.3 Å². The van der Waals surface area contributed by atoms with Crippen molar-refractivity contribution < 1.29 is 13.2 Å². The first-order chi connectivity index (χ1) is 29.6. The van der Waals surface area contributed by atoms with Crippen LogP contribution in [0.2, 0.25) is 0 Å². The van der Waals surface area contributed by atoms with Crippen molar-refractivity contribution in [3.8, 4) is 11.1 Å². The van der Waals surface area contributed by atoms with Crippen LogP contribution in [0, 0.1) is 0 Å². The average Bonchev–Trinajstić information content (AvgIpc) is 3.27. The van der Waals surface area contributed by atoms with Crippen LogP contribution in [0.4, 0.5) is 30.2 Å². The van der Waals surface area contributed by atoms with Crippen molar-refractivity contribution in [1.82, 2.24) is 0 Å². The maximum atomic E-state index is 14.3. The Morgan fingerprint density at radius 3 is 1.53 bits per heavy atom. The molecule has 2 aliphatic rings. The monoisotopic (exact) mass is 824 g/mol. The van der Waals surface area contributed by atoms with Crippen LogP contribution in [0.25, 0.3) is 11.1 Å². The number of rotatable bonds is 9. The third-order valence-electron chi connectivity index (χ3n) is 12.1. The summed E-state index contributed by atoms with van der Waals surface area (Å²) in [6.07, 6.45) is 8.00.